The van der Waals surface area contributed by atoms with Gasteiger partial charge in [-0.3, -0.25) is 9.78 Å². The Morgan fingerprint density at radius 2 is 1.75 bits per heavy atom. The average molecular weight is 266 g/mol. The van der Waals surface area contributed by atoms with Crippen LogP contribution in [0.3, 0.4) is 0 Å². The van der Waals surface area contributed by atoms with Gasteiger partial charge in [0.1, 0.15) is 0 Å². The third-order valence-electron chi connectivity index (χ3n) is 2.98. The lowest BCUT2D eigenvalue weighted by Gasteiger charge is -2.04. The average Bonchev–Trinajstić information content (AvgIpc) is 2.46. The maximum absolute atomic E-state index is 11.7. The molecule has 0 fully saturated rings. The van der Waals surface area contributed by atoms with E-state index in [1.165, 1.54) is 11.6 Å². The normalized spacial score (nSPS) is 10.9. The molecule has 0 spiro atoms. The summed E-state index contributed by atoms with van der Waals surface area (Å²) in [6.45, 7) is 4.32. The highest BCUT2D eigenvalue weighted by atomic mass is 16.1. The van der Waals surface area contributed by atoms with E-state index in [9.17, 15) is 4.79 Å². The fourth-order valence-electron chi connectivity index (χ4n) is 1.78. The summed E-state index contributed by atoms with van der Waals surface area (Å²) in [5.74, 6) is 0.368. The summed E-state index contributed by atoms with van der Waals surface area (Å²) in [5, 5.41) is 2.78. The molecule has 102 valence electrons. The Labute approximate surface area is 119 Å². The van der Waals surface area contributed by atoms with Gasteiger partial charge in [-0.25, -0.2) is 0 Å². The predicted molar refractivity (Wildman–Crippen MR) is 82.4 cm³/mol. The number of pyridine rings is 1. The quantitative estimate of drug-likeness (QED) is 0.854. The zero-order valence-electron chi connectivity index (χ0n) is 11.7. The maximum Gasteiger partial charge on any atom is 0.248 e. The molecular weight excluding hydrogens is 248 g/mol. The van der Waals surface area contributed by atoms with E-state index in [0.717, 1.165) is 11.3 Å². The number of rotatable bonds is 4. The van der Waals surface area contributed by atoms with Crippen molar-refractivity contribution in [2.24, 2.45) is 0 Å². The maximum atomic E-state index is 11.7. The van der Waals surface area contributed by atoms with Gasteiger partial charge in [-0.2, -0.15) is 0 Å². The first-order valence-electron chi connectivity index (χ1n) is 6.64. The van der Waals surface area contributed by atoms with Crippen LogP contribution in [-0.4, -0.2) is 10.9 Å². The summed E-state index contributed by atoms with van der Waals surface area (Å²) >= 11 is 0. The summed E-state index contributed by atoms with van der Waals surface area (Å²) in [6, 6.07) is 11.7. The molecule has 0 aliphatic heterocycles. The number of benzene rings is 1. The van der Waals surface area contributed by atoms with Crippen molar-refractivity contribution in [1.29, 1.82) is 0 Å². The Morgan fingerprint density at radius 1 is 1.10 bits per heavy atom. The molecule has 0 unspecified atom stereocenters. The van der Waals surface area contributed by atoms with E-state index >= 15 is 0 Å². The minimum atomic E-state index is -0.149. The van der Waals surface area contributed by atoms with Crippen LogP contribution in [0.1, 0.15) is 30.9 Å². The van der Waals surface area contributed by atoms with Crippen molar-refractivity contribution in [2.75, 3.05) is 5.32 Å². The van der Waals surface area contributed by atoms with Crippen molar-refractivity contribution in [3.05, 3.63) is 66.0 Å². The minimum absolute atomic E-state index is 0.149. The monoisotopic (exact) mass is 266 g/mol. The van der Waals surface area contributed by atoms with Crippen molar-refractivity contribution >= 4 is 17.7 Å². The second kappa shape index (κ2) is 6.66. The molecule has 1 aromatic heterocycles. The van der Waals surface area contributed by atoms with Crippen LogP contribution in [0.25, 0.3) is 6.08 Å². The molecule has 2 rings (SSSR count). The Kier molecular flexibility index (Phi) is 4.66. The van der Waals surface area contributed by atoms with E-state index in [0.29, 0.717) is 5.92 Å². The molecule has 0 aliphatic carbocycles. The summed E-state index contributed by atoms with van der Waals surface area (Å²) in [5.41, 5.74) is 3.05. The van der Waals surface area contributed by atoms with Crippen LogP contribution in [0.2, 0.25) is 0 Å². The molecule has 1 N–H and O–H groups in total. The van der Waals surface area contributed by atoms with E-state index in [4.69, 9.17) is 0 Å². The van der Waals surface area contributed by atoms with Gasteiger partial charge in [0.25, 0.3) is 0 Å². The number of hydrogen-bond acceptors (Lipinski definition) is 2. The van der Waals surface area contributed by atoms with Crippen LogP contribution in [0.15, 0.2) is 54.9 Å². The highest BCUT2D eigenvalue weighted by Crippen LogP contribution is 2.15. The molecule has 0 saturated carbocycles. The van der Waals surface area contributed by atoms with Crippen LogP contribution in [0.4, 0.5) is 5.69 Å². The second-order valence-corrected chi connectivity index (χ2v) is 4.88. The Morgan fingerprint density at radius 3 is 2.35 bits per heavy atom. The first-order chi connectivity index (χ1) is 9.65. The third kappa shape index (κ3) is 4.05. The third-order valence-corrected chi connectivity index (χ3v) is 2.98. The van der Waals surface area contributed by atoms with Gasteiger partial charge in [0.15, 0.2) is 0 Å². The lowest BCUT2D eigenvalue weighted by atomic mass is 10.0. The van der Waals surface area contributed by atoms with Crippen molar-refractivity contribution in [1.82, 2.24) is 4.98 Å². The molecular formula is C17H18N2O. The van der Waals surface area contributed by atoms with Crippen LogP contribution >= 0.6 is 0 Å². The summed E-state index contributed by atoms with van der Waals surface area (Å²) in [6.07, 6.45) is 6.62. The summed E-state index contributed by atoms with van der Waals surface area (Å²) < 4.78 is 0. The van der Waals surface area contributed by atoms with E-state index in [1.54, 1.807) is 30.6 Å². The number of nitrogens with one attached hydrogen (secondary N) is 1. The molecule has 0 saturated heterocycles. The molecule has 1 heterocycles. The van der Waals surface area contributed by atoms with Crippen molar-refractivity contribution in [3.8, 4) is 0 Å². The highest BCUT2D eigenvalue weighted by Gasteiger charge is 1.99. The fraction of sp³-hybridized carbons (Fsp3) is 0.176. The zero-order valence-corrected chi connectivity index (χ0v) is 11.7. The molecule has 1 amide bonds. The number of anilines is 1. The van der Waals surface area contributed by atoms with Gasteiger partial charge in [0.05, 0.1) is 0 Å². The van der Waals surface area contributed by atoms with E-state index in [-0.39, 0.29) is 5.91 Å². The van der Waals surface area contributed by atoms with Gasteiger partial charge in [-0.1, -0.05) is 38.1 Å². The van der Waals surface area contributed by atoms with Gasteiger partial charge in [-0.05, 0) is 35.3 Å². The number of carbonyl (C=O) groups excluding carboxylic acids is 1. The largest absolute Gasteiger partial charge is 0.322 e. The lowest BCUT2D eigenvalue weighted by molar-refractivity contribution is -0.111. The number of hydrogen-bond donors (Lipinski definition) is 1. The molecule has 1 aromatic carbocycles. The molecule has 20 heavy (non-hydrogen) atoms. The number of aromatic nitrogens is 1. The topological polar surface area (TPSA) is 42.0 Å². The molecule has 0 atom stereocenters. The zero-order chi connectivity index (χ0) is 14.4. The van der Waals surface area contributed by atoms with Crippen LogP contribution < -0.4 is 5.32 Å². The fourth-order valence-corrected chi connectivity index (χ4v) is 1.78. The first-order valence-corrected chi connectivity index (χ1v) is 6.64. The summed E-state index contributed by atoms with van der Waals surface area (Å²) in [4.78, 5) is 15.6. The Bertz CT molecular complexity index is 586. The number of amides is 1. The van der Waals surface area contributed by atoms with Crippen molar-refractivity contribution < 1.29 is 4.79 Å². The van der Waals surface area contributed by atoms with Crippen LogP contribution in [0.5, 0.6) is 0 Å². The second-order valence-electron chi connectivity index (χ2n) is 4.88. The van der Waals surface area contributed by atoms with Gasteiger partial charge >= 0.3 is 0 Å². The smallest absolute Gasteiger partial charge is 0.248 e. The van der Waals surface area contributed by atoms with Crippen molar-refractivity contribution in [2.45, 2.75) is 19.8 Å². The van der Waals surface area contributed by atoms with Gasteiger partial charge in [-0.15, -0.1) is 0 Å². The van der Waals surface area contributed by atoms with Gasteiger partial charge in [0, 0.05) is 24.2 Å². The standard InChI is InChI=1S/C17H18N2O/c1-13(2)15-6-3-14(4-7-15)5-8-17(20)19-16-9-11-18-12-10-16/h3-13H,1-2H3,(H,18,19,20). The highest BCUT2D eigenvalue weighted by molar-refractivity contribution is 6.01. The van der Waals surface area contributed by atoms with Gasteiger partial charge < -0.3 is 5.32 Å². The Balaban J connectivity index is 1.97. The number of carbonyl (C=O) groups is 1. The van der Waals surface area contributed by atoms with Gasteiger partial charge in [0.2, 0.25) is 5.91 Å². The lowest BCUT2D eigenvalue weighted by Crippen LogP contribution is -2.07. The van der Waals surface area contributed by atoms with Crippen LogP contribution in [-0.2, 0) is 4.79 Å². The molecule has 2 aromatic rings. The van der Waals surface area contributed by atoms with E-state index < -0.39 is 0 Å². The molecule has 0 bridgehead atoms. The molecule has 3 nitrogen and oxygen atoms in total. The van der Waals surface area contributed by atoms with Crippen LogP contribution in [0, 0.1) is 0 Å². The molecule has 3 heteroatoms. The summed E-state index contributed by atoms with van der Waals surface area (Å²) in [7, 11) is 0. The van der Waals surface area contributed by atoms with E-state index in [1.807, 2.05) is 12.1 Å². The SMILES string of the molecule is CC(C)c1ccc(C=CC(=O)Nc2ccncc2)cc1. The first kappa shape index (κ1) is 14.0. The predicted octanol–water partition coefficient (Wildman–Crippen LogP) is 3.86. The Hall–Kier alpha value is -2.42. The number of nitrogens with zero attached hydrogens (tertiary/aromatic N) is 1. The van der Waals surface area contributed by atoms with E-state index in [2.05, 4.69) is 36.3 Å². The molecule has 0 radical (unpaired) electrons. The van der Waals surface area contributed by atoms with Crippen molar-refractivity contribution in [3.63, 3.8) is 0 Å². The molecule has 0 aliphatic rings. The minimum Gasteiger partial charge on any atom is -0.322 e.